The summed E-state index contributed by atoms with van der Waals surface area (Å²) in [6.45, 7) is 3.81. The predicted octanol–water partition coefficient (Wildman–Crippen LogP) is 2.30. The first-order chi connectivity index (χ1) is 17.3. The maximum absolute atomic E-state index is 12.4. The van der Waals surface area contributed by atoms with Gasteiger partial charge in [-0.25, -0.2) is 27.9 Å². The van der Waals surface area contributed by atoms with Gasteiger partial charge in [0.2, 0.25) is 10.0 Å². The number of nitrogens with two attached hydrogens (primary N) is 1. The van der Waals surface area contributed by atoms with Gasteiger partial charge in [0.15, 0.2) is 11.6 Å². The molecule has 192 valence electrons. The van der Waals surface area contributed by atoms with Crippen molar-refractivity contribution in [3.05, 3.63) is 60.0 Å². The molecule has 4 rings (SSSR count). The number of carbonyl (C=O) groups is 1. The Labute approximate surface area is 210 Å². The van der Waals surface area contributed by atoms with E-state index in [1.165, 1.54) is 0 Å². The third-order valence-corrected chi connectivity index (χ3v) is 7.31. The number of aromatic nitrogens is 2. The molecule has 0 bridgehead atoms. The molecule has 1 unspecified atom stereocenters. The van der Waals surface area contributed by atoms with Crippen LogP contribution in [0.1, 0.15) is 25.1 Å². The Hall–Kier alpha value is -3.64. The van der Waals surface area contributed by atoms with E-state index >= 15 is 0 Å². The molecule has 1 aromatic heterocycles. The van der Waals surface area contributed by atoms with Gasteiger partial charge in [-0.1, -0.05) is 36.4 Å². The van der Waals surface area contributed by atoms with Crippen LogP contribution in [-0.4, -0.2) is 56.9 Å². The summed E-state index contributed by atoms with van der Waals surface area (Å²) < 4.78 is 32.8. The zero-order valence-corrected chi connectivity index (χ0v) is 20.9. The molecule has 1 aliphatic heterocycles. The Kier molecular flexibility index (Phi) is 8.06. The van der Waals surface area contributed by atoms with Crippen molar-refractivity contribution in [2.75, 3.05) is 42.3 Å². The molecule has 2 heterocycles. The first kappa shape index (κ1) is 25.5. The number of nitrogen functional groups attached to an aromatic ring is 1. The lowest BCUT2D eigenvalue weighted by Crippen LogP contribution is -2.34. The predicted molar refractivity (Wildman–Crippen MR) is 138 cm³/mol. The molecule has 2 aliphatic rings. The number of alkyl carbamates (subject to hydrolysis) is 1. The van der Waals surface area contributed by atoms with Crippen LogP contribution in [-0.2, 0) is 14.8 Å². The lowest BCUT2D eigenvalue weighted by atomic mass is 10.0. The van der Waals surface area contributed by atoms with E-state index in [1.807, 2.05) is 19.1 Å². The minimum atomic E-state index is -3.58. The van der Waals surface area contributed by atoms with E-state index in [4.69, 9.17) is 10.5 Å². The molecule has 1 atom stereocenters. The molecular weight excluding hydrogens is 482 g/mol. The topological polar surface area (TPSA) is 152 Å². The first-order valence-corrected chi connectivity index (χ1v) is 13.3. The third kappa shape index (κ3) is 6.52. The number of benzene rings is 1. The Balaban J connectivity index is 1.11. The van der Waals surface area contributed by atoms with E-state index in [1.54, 1.807) is 36.4 Å². The number of unbranched alkanes of at least 4 members (excludes halogenated alkanes) is 1. The van der Waals surface area contributed by atoms with E-state index in [-0.39, 0.29) is 10.9 Å². The third-order valence-electron chi connectivity index (χ3n) is 5.80. The minimum Gasteiger partial charge on any atom is -0.450 e. The summed E-state index contributed by atoms with van der Waals surface area (Å²) >= 11 is 0. The van der Waals surface area contributed by atoms with Crippen molar-refractivity contribution in [1.82, 2.24) is 20.0 Å². The van der Waals surface area contributed by atoms with E-state index in [9.17, 15) is 13.2 Å². The van der Waals surface area contributed by atoms with E-state index in [0.717, 1.165) is 30.0 Å². The highest BCUT2D eigenvalue weighted by Crippen LogP contribution is 2.33. The Bertz CT molecular complexity index is 1250. The molecule has 0 fully saturated rings. The van der Waals surface area contributed by atoms with Gasteiger partial charge >= 0.3 is 6.09 Å². The fourth-order valence-corrected chi connectivity index (χ4v) is 5.18. The van der Waals surface area contributed by atoms with Gasteiger partial charge in [0.05, 0.1) is 18.2 Å². The van der Waals surface area contributed by atoms with Crippen LogP contribution in [0.2, 0.25) is 0 Å². The fourth-order valence-electron chi connectivity index (χ4n) is 3.96. The second-order valence-corrected chi connectivity index (χ2v) is 10.3. The molecule has 36 heavy (non-hydrogen) atoms. The Morgan fingerprint density at radius 1 is 1.25 bits per heavy atom. The molecule has 0 saturated carbocycles. The zero-order valence-electron chi connectivity index (χ0n) is 20.1. The highest BCUT2D eigenvalue weighted by atomic mass is 32.2. The van der Waals surface area contributed by atoms with Crippen molar-refractivity contribution in [3.63, 3.8) is 0 Å². The number of fused-ring (bicyclic) bond motifs is 1. The second kappa shape index (κ2) is 11.4. The van der Waals surface area contributed by atoms with Gasteiger partial charge < -0.3 is 26.0 Å². The smallest absolute Gasteiger partial charge is 0.407 e. The van der Waals surface area contributed by atoms with Crippen molar-refractivity contribution < 1.29 is 17.9 Å². The highest BCUT2D eigenvalue weighted by molar-refractivity contribution is 7.89. The van der Waals surface area contributed by atoms with Crippen molar-refractivity contribution in [2.24, 2.45) is 0 Å². The largest absolute Gasteiger partial charge is 0.450 e. The first-order valence-electron chi connectivity index (χ1n) is 11.8. The summed E-state index contributed by atoms with van der Waals surface area (Å²) in [6, 6.07) is 7.91. The summed E-state index contributed by atoms with van der Waals surface area (Å²) in [6.07, 6.45) is 7.05. The highest BCUT2D eigenvalue weighted by Gasteiger charge is 2.23. The maximum Gasteiger partial charge on any atom is 0.407 e. The second-order valence-electron chi connectivity index (χ2n) is 8.56. The molecule has 5 N–H and O–H groups in total. The number of carbonyl (C=O) groups excluding carboxylic acids is 1. The SMILES string of the molecule is Cc1nc(N)c2c(n1)N(CCCCOC(=O)NCC1=CCC(NS(=O)(=O)c3ccccc3)C=C1)CN2. The number of nitrogens with zero attached hydrogens (tertiary/aromatic N) is 3. The number of ether oxygens (including phenoxy) is 1. The molecule has 0 saturated heterocycles. The van der Waals surface area contributed by atoms with Crippen molar-refractivity contribution in [3.8, 4) is 0 Å². The number of anilines is 3. The van der Waals surface area contributed by atoms with Crippen LogP contribution in [0.5, 0.6) is 0 Å². The quantitative estimate of drug-likeness (QED) is 0.351. The van der Waals surface area contributed by atoms with Crippen LogP contribution >= 0.6 is 0 Å². The zero-order chi connectivity index (χ0) is 25.5. The summed E-state index contributed by atoms with van der Waals surface area (Å²) in [4.78, 5) is 23.0. The summed E-state index contributed by atoms with van der Waals surface area (Å²) in [5.74, 6) is 1.89. The lowest BCUT2D eigenvalue weighted by molar-refractivity contribution is 0.145. The Morgan fingerprint density at radius 2 is 2.06 bits per heavy atom. The average Bonchev–Trinajstić information content (AvgIpc) is 3.27. The van der Waals surface area contributed by atoms with Crippen LogP contribution in [0.3, 0.4) is 0 Å². The van der Waals surface area contributed by atoms with E-state index < -0.39 is 16.1 Å². The number of hydrogen-bond donors (Lipinski definition) is 4. The average molecular weight is 514 g/mol. The number of rotatable bonds is 10. The van der Waals surface area contributed by atoms with Gasteiger partial charge in [-0.05, 0) is 43.9 Å². The molecule has 2 aromatic rings. The van der Waals surface area contributed by atoms with Crippen molar-refractivity contribution >= 4 is 33.4 Å². The number of hydrogen-bond acceptors (Lipinski definition) is 9. The summed E-state index contributed by atoms with van der Waals surface area (Å²) in [5, 5.41) is 5.94. The van der Waals surface area contributed by atoms with Crippen LogP contribution in [0.15, 0.2) is 59.0 Å². The molecule has 0 radical (unpaired) electrons. The molecule has 11 nitrogen and oxygen atoms in total. The van der Waals surface area contributed by atoms with Crippen LogP contribution in [0.25, 0.3) is 0 Å². The minimum absolute atomic E-state index is 0.230. The number of nitrogens with one attached hydrogen (secondary N) is 3. The molecule has 1 aromatic carbocycles. The molecular formula is C24H31N7O4S. The van der Waals surface area contributed by atoms with Crippen LogP contribution < -0.4 is 26.0 Å². The van der Waals surface area contributed by atoms with Crippen molar-refractivity contribution in [2.45, 2.75) is 37.1 Å². The molecule has 12 heteroatoms. The van der Waals surface area contributed by atoms with E-state index in [2.05, 4.69) is 30.2 Å². The normalized spacial score (nSPS) is 16.8. The van der Waals surface area contributed by atoms with Crippen LogP contribution in [0, 0.1) is 6.92 Å². The van der Waals surface area contributed by atoms with E-state index in [0.29, 0.717) is 44.3 Å². The summed E-state index contributed by atoms with van der Waals surface area (Å²) in [7, 11) is -3.58. The van der Waals surface area contributed by atoms with Gasteiger partial charge in [0.25, 0.3) is 0 Å². The summed E-state index contributed by atoms with van der Waals surface area (Å²) in [5.41, 5.74) is 7.59. The van der Waals surface area contributed by atoms with Crippen molar-refractivity contribution in [1.29, 1.82) is 0 Å². The van der Waals surface area contributed by atoms with Gasteiger partial charge in [-0.3, -0.25) is 0 Å². The monoisotopic (exact) mass is 513 g/mol. The molecule has 0 spiro atoms. The number of sulfonamides is 1. The fraction of sp³-hybridized carbons (Fsp3) is 0.375. The van der Waals surface area contributed by atoms with Gasteiger partial charge in [0.1, 0.15) is 11.5 Å². The van der Waals surface area contributed by atoms with Crippen LogP contribution in [0.4, 0.5) is 22.1 Å². The van der Waals surface area contributed by atoms with Gasteiger partial charge in [-0.2, -0.15) is 0 Å². The number of aryl methyl sites for hydroxylation is 1. The van der Waals surface area contributed by atoms with Gasteiger partial charge in [0, 0.05) is 19.1 Å². The number of amides is 1. The maximum atomic E-state index is 12.4. The molecule has 1 amide bonds. The molecule has 1 aliphatic carbocycles. The lowest BCUT2D eigenvalue weighted by Gasteiger charge is -2.18. The Morgan fingerprint density at radius 3 is 2.81 bits per heavy atom. The standard InChI is InChI=1S/C24H31N7O4S/c1-17-28-22(25)21-23(29-17)31(16-27-21)13-5-6-14-35-24(32)26-15-18-9-11-19(12-10-18)30-36(33,34)20-7-3-2-4-8-20/h2-4,7-11,19,27,30H,5-6,12-16H2,1H3,(H,26,32)(H2,25,28,29). The van der Waals surface area contributed by atoms with Gasteiger partial charge in [-0.15, -0.1) is 0 Å².